The lowest BCUT2D eigenvalue weighted by Gasteiger charge is -2.22. The molecular weight excluding hydrogens is 238 g/mol. The van der Waals surface area contributed by atoms with Crippen molar-refractivity contribution < 1.29 is 9.47 Å². The van der Waals surface area contributed by atoms with E-state index >= 15 is 0 Å². The molecule has 0 saturated carbocycles. The normalized spacial score (nSPS) is 25.9. The van der Waals surface area contributed by atoms with Crippen molar-refractivity contribution >= 4 is 11.6 Å². The smallest absolute Gasteiger partial charge is 0.137 e. The summed E-state index contributed by atoms with van der Waals surface area (Å²) in [6.45, 7) is 2.87. The summed E-state index contributed by atoms with van der Waals surface area (Å²) >= 11 is 6.00. The zero-order valence-electron chi connectivity index (χ0n) is 10.2. The quantitative estimate of drug-likeness (QED) is 0.903. The molecule has 0 radical (unpaired) electrons. The molecule has 0 bridgehead atoms. The Morgan fingerprint density at radius 2 is 2.29 bits per heavy atom. The highest BCUT2D eigenvalue weighted by Gasteiger charge is 2.30. The Kier molecular flexibility index (Phi) is 3.92. The fourth-order valence-corrected chi connectivity index (χ4v) is 2.55. The van der Waals surface area contributed by atoms with Crippen molar-refractivity contribution in [2.24, 2.45) is 11.7 Å². The van der Waals surface area contributed by atoms with Gasteiger partial charge in [-0.1, -0.05) is 17.7 Å². The molecule has 1 aromatic rings. The van der Waals surface area contributed by atoms with Crippen LogP contribution in [0.3, 0.4) is 0 Å². The molecule has 2 rings (SSSR count). The summed E-state index contributed by atoms with van der Waals surface area (Å²) in [5.74, 6) is 1.03. The first-order valence-electron chi connectivity index (χ1n) is 5.84. The lowest BCUT2D eigenvalue weighted by atomic mass is 9.89. The Labute approximate surface area is 107 Å². The number of ether oxygens (including phenoxy) is 2. The van der Waals surface area contributed by atoms with Crippen molar-refractivity contribution in [2.45, 2.75) is 25.5 Å². The van der Waals surface area contributed by atoms with Gasteiger partial charge in [0.1, 0.15) is 5.75 Å². The third-order valence-electron chi connectivity index (χ3n) is 3.46. The van der Waals surface area contributed by atoms with E-state index in [0.717, 1.165) is 18.6 Å². The highest BCUT2D eigenvalue weighted by atomic mass is 35.5. The summed E-state index contributed by atoms with van der Waals surface area (Å²) < 4.78 is 10.8. The monoisotopic (exact) mass is 255 g/mol. The third kappa shape index (κ3) is 2.57. The molecule has 17 heavy (non-hydrogen) atoms. The summed E-state index contributed by atoms with van der Waals surface area (Å²) in [6, 6.07) is 5.67. The van der Waals surface area contributed by atoms with Crippen molar-refractivity contribution in [3.63, 3.8) is 0 Å². The molecule has 3 atom stereocenters. The van der Waals surface area contributed by atoms with Gasteiger partial charge >= 0.3 is 0 Å². The van der Waals surface area contributed by atoms with Crippen LogP contribution in [0.25, 0.3) is 0 Å². The van der Waals surface area contributed by atoms with E-state index in [1.54, 1.807) is 7.11 Å². The molecule has 1 aliphatic heterocycles. The van der Waals surface area contributed by atoms with Crippen LogP contribution in [0.1, 0.15) is 24.9 Å². The zero-order valence-corrected chi connectivity index (χ0v) is 10.9. The van der Waals surface area contributed by atoms with Gasteiger partial charge in [-0.15, -0.1) is 0 Å². The van der Waals surface area contributed by atoms with Crippen LogP contribution in [0.2, 0.25) is 5.02 Å². The van der Waals surface area contributed by atoms with Crippen LogP contribution in [-0.4, -0.2) is 19.8 Å². The fraction of sp³-hybridized carbons (Fsp3) is 0.538. The molecule has 1 fully saturated rings. The summed E-state index contributed by atoms with van der Waals surface area (Å²) in [5.41, 5.74) is 7.34. The number of hydrogen-bond acceptors (Lipinski definition) is 3. The van der Waals surface area contributed by atoms with Crippen molar-refractivity contribution in [1.29, 1.82) is 0 Å². The number of nitrogens with two attached hydrogens (primary N) is 1. The first-order valence-corrected chi connectivity index (χ1v) is 6.22. The Morgan fingerprint density at radius 1 is 1.53 bits per heavy atom. The molecule has 0 aromatic heterocycles. The van der Waals surface area contributed by atoms with Gasteiger partial charge in [0.05, 0.1) is 18.2 Å². The molecular formula is C13H18ClNO2. The van der Waals surface area contributed by atoms with Crippen molar-refractivity contribution in [2.75, 3.05) is 13.7 Å². The van der Waals surface area contributed by atoms with Crippen LogP contribution < -0.4 is 10.5 Å². The van der Waals surface area contributed by atoms with E-state index in [1.807, 2.05) is 18.2 Å². The zero-order chi connectivity index (χ0) is 12.4. The predicted molar refractivity (Wildman–Crippen MR) is 68.5 cm³/mol. The van der Waals surface area contributed by atoms with Gasteiger partial charge in [-0.25, -0.2) is 0 Å². The maximum absolute atomic E-state index is 6.29. The van der Waals surface area contributed by atoms with Gasteiger partial charge in [0.25, 0.3) is 0 Å². The van der Waals surface area contributed by atoms with Crippen LogP contribution in [-0.2, 0) is 4.74 Å². The van der Waals surface area contributed by atoms with Gasteiger partial charge in [0.2, 0.25) is 0 Å². The number of methoxy groups -OCH3 is 1. The van der Waals surface area contributed by atoms with Gasteiger partial charge in [-0.2, -0.15) is 0 Å². The van der Waals surface area contributed by atoms with Gasteiger partial charge in [-0.3, -0.25) is 0 Å². The van der Waals surface area contributed by atoms with Crippen LogP contribution in [0.4, 0.5) is 0 Å². The number of halogens is 1. The largest absolute Gasteiger partial charge is 0.495 e. The molecule has 94 valence electrons. The first-order chi connectivity index (χ1) is 8.13. The standard InChI is InChI=1S/C13H18ClNO2/c1-8-10(5-6-17-8)13(15)9-3-4-11(14)12(7-9)16-2/h3-4,7-8,10,13H,5-6,15H2,1-2H3. The topological polar surface area (TPSA) is 44.5 Å². The summed E-state index contributed by atoms with van der Waals surface area (Å²) in [4.78, 5) is 0. The number of rotatable bonds is 3. The first kappa shape index (κ1) is 12.7. The van der Waals surface area contributed by atoms with E-state index in [-0.39, 0.29) is 12.1 Å². The van der Waals surface area contributed by atoms with Crippen LogP contribution in [0.15, 0.2) is 18.2 Å². The van der Waals surface area contributed by atoms with Crippen LogP contribution in [0.5, 0.6) is 5.75 Å². The van der Waals surface area contributed by atoms with Gasteiger partial charge in [-0.05, 0) is 31.0 Å². The molecule has 1 aliphatic rings. The average Bonchev–Trinajstić information content (AvgIpc) is 2.75. The number of hydrogen-bond donors (Lipinski definition) is 1. The Balaban J connectivity index is 2.21. The summed E-state index contributed by atoms with van der Waals surface area (Å²) in [7, 11) is 1.61. The molecule has 1 aromatic carbocycles. The molecule has 0 spiro atoms. The Morgan fingerprint density at radius 3 is 2.88 bits per heavy atom. The second-order valence-corrected chi connectivity index (χ2v) is 4.86. The molecule has 1 saturated heterocycles. The minimum absolute atomic E-state index is 0.0290. The van der Waals surface area contributed by atoms with E-state index in [0.29, 0.717) is 16.7 Å². The molecule has 0 amide bonds. The fourth-order valence-electron chi connectivity index (χ4n) is 2.35. The molecule has 1 heterocycles. The Hall–Kier alpha value is -0.770. The minimum Gasteiger partial charge on any atom is -0.495 e. The van der Waals surface area contributed by atoms with Gasteiger partial charge in [0, 0.05) is 18.6 Å². The van der Waals surface area contributed by atoms with Crippen molar-refractivity contribution in [3.05, 3.63) is 28.8 Å². The molecule has 4 heteroatoms. The second kappa shape index (κ2) is 5.25. The lowest BCUT2D eigenvalue weighted by molar-refractivity contribution is 0.0995. The van der Waals surface area contributed by atoms with Crippen LogP contribution >= 0.6 is 11.6 Å². The number of benzene rings is 1. The Bertz CT molecular complexity index is 397. The van der Waals surface area contributed by atoms with E-state index < -0.39 is 0 Å². The van der Waals surface area contributed by atoms with Crippen molar-refractivity contribution in [3.8, 4) is 5.75 Å². The summed E-state index contributed by atoms with van der Waals surface area (Å²) in [5, 5.41) is 0.610. The van der Waals surface area contributed by atoms with Gasteiger partial charge < -0.3 is 15.2 Å². The van der Waals surface area contributed by atoms with E-state index in [4.69, 9.17) is 26.8 Å². The minimum atomic E-state index is -0.0290. The second-order valence-electron chi connectivity index (χ2n) is 4.45. The molecule has 2 N–H and O–H groups in total. The molecule has 3 nitrogen and oxygen atoms in total. The van der Waals surface area contributed by atoms with Gasteiger partial charge in [0.15, 0.2) is 0 Å². The third-order valence-corrected chi connectivity index (χ3v) is 3.77. The molecule has 0 aliphatic carbocycles. The van der Waals surface area contributed by atoms with E-state index in [2.05, 4.69) is 6.92 Å². The van der Waals surface area contributed by atoms with Crippen LogP contribution in [0, 0.1) is 5.92 Å². The SMILES string of the molecule is COc1cc(C(N)C2CCOC2C)ccc1Cl. The van der Waals surface area contributed by atoms with E-state index in [1.165, 1.54) is 0 Å². The molecule has 3 unspecified atom stereocenters. The highest BCUT2D eigenvalue weighted by Crippen LogP contribution is 2.34. The maximum atomic E-state index is 6.29. The van der Waals surface area contributed by atoms with E-state index in [9.17, 15) is 0 Å². The maximum Gasteiger partial charge on any atom is 0.137 e. The summed E-state index contributed by atoms with van der Waals surface area (Å²) in [6.07, 6.45) is 1.22. The highest BCUT2D eigenvalue weighted by molar-refractivity contribution is 6.32. The average molecular weight is 256 g/mol. The van der Waals surface area contributed by atoms with Crippen molar-refractivity contribution in [1.82, 2.24) is 0 Å². The lowest BCUT2D eigenvalue weighted by Crippen LogP contribution is -2.26. The predicted octanol–water partition coefficient (Wildman–Crippen LogP) is 2.77.